The lowest BCUT2D eigenvalue weighted by Crippen LogP contribution is -2.50. The van der Waals surface area contributed by atoms with E-state index in [0.717, 1.165) is 37.6 Å². The third-order valence-corrected chi connectivity index (χ3v) is 4.05. The quantitative estimate of drug-likeness (QED) is 0.920. The summed E-state index contributed by atoms with van der Waals surface area (Å²) in [5, 5.41) is 3.56. The van der Waals surface area contributed by atoms with Crippen LogP contribution in [0.2, 0.25) is 0 Å². The van der Waals surface area contributed by atoms with Gasteiger partial charge in [-0.25, -0.2) is 0 Å². The van der Waals surface area contributed by atoms with Gasteiger partial charge in [0.15, 0.2) is 0 Å². The van der Waals surface area contributed by atoms with Crippen LogP contribution in [0.5, 0.6) is 0 Å². The van der Waals surface area contributed by atoms with Gasteiger partial charge >= 0.3 is 0 Å². The van der Waals surface area contributed by atoms with Gasteiger partial charge in [-0.05, 0) is 31.4 Å². The van der Waals surface area contributed by atoms with E-state index < -0.39 is 0 Å². The molecule has 1 fully saturated rings. The summed E-state index contributed by atoms with van der Waals surface area (Å²) in [6.45, 7) is 10.6. The van der Waals surface area contributed by atoms with Crippen LogP contribution in [0, 0.1) is 18.8 Å². The SMILES string of the molecule is Cc1ccc(CNC2CCN(C(=O)C(C)C)CC2C)o1. The second kappa shape index (κ2) is 6.44. The molecule has 4 nitrogen and oxygen atoms in total. The maximum Gasteiger partial charge on any atom is 0.225 e. The van der Waals surface area contributed by atoms with E-state index in [-0.39, 0.29) is 11.8 Å². The average molecular weight is 278 g/mol. The van der Waals surface area contributed by atoms with Crippen molar-refractivity contribution in [1.82, 2.24) is 10.2 Å². The van der Waals surface area contributed by atoms with Crippen molar-refractivity contribution in [1.29, 1.82) is 0 Å². The molecule has 1 amide bonds. The Morgan fingerprint density at radius 1 is 1.50 bits per heavy atom. The molecule has 0 radical (unpaired) electrons. The maximum absolute atomic E-state index is 12.0. The highest BCUT2D eigenvalue weighted by Gasteiger charge is 2.29. The molecule has 0 aromatic carbocycles. The van der Waals surface area contributed by atoms with Crippen LogP contribution in [0.3, 0.4) is 0 Å². The van der Waals surface area contributed by atoms with E-state index in [0.29, 0.717) is 12.0 Å². The van der Waals surface area contributed by atoms with Gasteiger partial charge in [0, 0.05) is 25.0 Å². The second-order valence-corrected chi connectivity index (χ2v) is 6.20. The normalized spacial score (nSPS) is 23.4. The van der Waals surface area contributed by atoms with Crippen LogP contribution in [-0.2, 0) is 11.3 Å². The van der Waals surface area contributed by atoms with E-state index in [1.807, 2.05) is 37.8 Å². The van der Waals surface area contributed by atoms with Crippen LogP contribution in [-0.4, -0.2) is 29.9 Å². The fourth-order valence-corrected chi connectivity index (χ4v) is 2.83. The number of hydrogen-bond acceptors (Lipinski definition) is 3. The molecule has 4 heteroatoms. The van der Waals surface area contributed by atoms with Gasteiger partial charge in [0.05, 0.1) is 6.54 Å². The number of nitrogens with zero attached hydrogens (tertiary/aromatic N) is 1. The van der Waals surface area contributed by atoms with Gasteiger partial charge in [0.1, 0.15) is 11.5 Å². The molecule has 2 rings (SSSR count). The van der Waals surface area contributed by atoms with Crippen molar-refractivity contribution >= 4 is 5.91 Å². The van der Waals surface area contributed by atoms with E-state index in [2.05, 4.69) is 12.2 Å². The third kappa shape index (κ3) is 3.63. The Morgan fingerprint density at radius 3 is 2.80 bits per heavy atom. The van der Waals surface area contributed by atoms with Crippen LogP contribution >= 0.6 is 0 Å². The Balaban J connectivity index is 1.82. The smallest absolute Gasteiger partial charge is 0.225 e. The number of aryl methyl sites for hydroxylation is 1. The maximum atomic E-state index is 12.0. The standard InChI is InChI=1S/C16H26N2O2/c1-11(2)16(19)18-8-7-15(12(3)10-18)17-9-14-6-5-13(4)20-14/h5-6,11-12,15,17H,7-10H2,1-4H3. The van der Waals surface area contributed by atoms with Crippen molar-refractivity contribution in [2.75, 3.05) is 13.1 Å². The molecule has 2 atom stereocenters. The Morgan fingerprint density at radius 2 is 2.25 bits per heavy atom. The first-order valence-electron chi connectivity index (χ1n) is 7.55. The van der Waals surface area contributed by atoms with Crippen LogP contribution in [0.1, 0.15) is 38.7 Å². The number of likely N-dealkylation sites (tertiary alicyclic amines) is 1. The van der Waals surface area contributed by atoms with Gasteiger partial charge in [0.2, 0.25) is 5.91 Å². The lowest BCUT2D eigenvalue weighted by molar-refractivity contribution is -0.136. The van der Waals surface area contributed by atoms with Crippen molar-refractivity contribution in [3.05, 3.63) is 23.7 Å². The zero-order chi connectivity index (χ0) is 14.7. The molecule has 2 heterocycles. The van der Waals surface area contributed by atoms with E-state index in [1.165, 1.54) is 0 Å². The molecule has 1 saturated heterocycles. The molecule has 0 bridgehead atoms. The molecule has 1 aromatic heterocycles. The van der Waals surface area contributed by atoms with Crippen molar-refractivity contribution in [2.45, 2.75) is 46.7 Å². The summed E-state index contributed by atoms with van der Waals surface area (Å²) in [5.74, 6) is 2.78. The molecular formula is C16H26N2O2. The molecule has 1 aromatic rings. The van der Waals surface area contributed by atoms with Crippen LogP contribution in [0.15, 0.2) is 16.5 Å². The van der Waals surface area contributed by atoms with Crippen LogP contribution < -0.4 is 5.32 Å². The van der Waals surface area contributed by atoms with Crippen LogP contribution in [0.25, 0.3) is 0 Å². The van der Waals surface area contributed by atoms with Gasteiger partial charge in [0.25, 0.3) is 0 Å². The minimum Gasteiger partial charge on any atom is -0.465 e. The minimum absolute atomic E-state index is 0.0952. The van der Waals surface area contributed by atoms with Gasteiger partial charge < -0.3 is 14.6 Å². The lowest BCUT2D eigenvalue weighted by Gasteiger charge is -2.38. The molecule has 1 N–H and O–H groups in total. The first-order valence-corrected chi connectivity index (χ1v) is 7.55. The van der Waals surface area contributed by atoms with Crippen molar-refractivity contribution in [3.8, 4) is 0 Å². The Labute approximate surface area is 121 Å². The highest BCUT2D eigenvalue weighted by molar-refractivity contribution is 5.78. The van der Waals surface area contributed by atoms with E-state index in [9.17, 15) is 4.79 Å². The number of nitrogens with one attached hydrogen (secondary N) is 1. The highest BCUT2D eigenvalue weighted by Crippen LogP contribution is 2.19. The summed E-state index contributed by atoms with van der Waals surface area (Å²) in [7, 11) is 0. The molecule has 0 saturated carbocycles. The topological polar surface area (TPSA) is 45.5 Å². The summed E-state index contributed by atoms with van der Waals surface area (Å²) in [4.78, 5) is 14.0. The van der Waals surface area contributed by atoms with Gasteiger partial charge in [-0.3, -0.25) is 4.79 Å². The monoisotopic (exact) mass is 278 g/mol. The van der Waals surface area contributed by atoms with Crippen molar-refractivity contribution < 1.29 is 9.21 Å². The van der Waals surface area contributed by atoms with E-state index in [1.54, 1.807) is 0 Å². The zero-order valence-corrected chi connectivity index (χ0v) is 13.0. The van der Waals surface area contributed by atoms with Gasteiger partial charge in [-0.1, -0.05) is 20.8 Å². The molecule has 1 aliphatic rings. The Bertz CT molecular complexity index is 453. The first-order chi connectivity index (χ1) is 9.47. The predicted octanol–water partition coefficient (Wildman–Crippen LogP) is 2.57. The van der Waals surface area contributed by atoms with Crippen LogP contribution in [0.4, 0.5) is 0 Å². The summed E-state index contributed by atoms with van der Waals surface area (Å²) in [6.07, 6.45) is 1.01. The van der Waals surface area contributed by atoms with Gasteiger partial charge in [-0.2, -0.15) is 0 Å². The van der Waals surface area contributed by atoms with Gasteiger partial charge in [-0.15, -0.1) is 0 Å². The third-order valence-electron chi connectivity index (χ3n) is 4.05. The minimum atomic E-state index is 0.0952. The average Bonchev–Trinajstić information content (AvgIpc) is 2.82. The Kier molecular flexibility index (Phi) is 4.86. The number of furan rings is 1. The molecule has 2 unspecified atom stereocenters. The lowest BCUT2D eigenvalue weighted by atomic mass is 9.93. The molecule has 0 spiro atoms. The summed E-state index contributed by atoms with van der Waals surface area (Å²) in [6, 6.07) is 4.46. The van der Waals surface area contributed by atoms with E-state index in [4.69, 9.17) is 4.42 Å². The Hall–Kier alpha value is -1.29. The largest absolute Gasteiger partial charge is 0.465 e. The fourth-order valence-electron chi connectivity index (χ4n) is 2.83. The first kappa shape index (κ1) is 15.1. The summed E-state index contributed by atoms with van der Waals surface area (Å²) >= 11 is 0. The number of hydrogen-bond donors (Lipinski definition) is 1. The molecule has 1 aliphatic heterocycles. The zero-order valence-electron chi connectivity index (χ0n) is 13.0. The summed E-state index contributed by atoms with van der Waals surface area (Å²) < 4.78 is 5.57. The molecular weight excluding hydrogens is 252 g/mol. The number of carbonyl (C=O) groups is 1. The predicted molar refractivity (Wildman–Crippen MR) is 79.3 cm³/mol. The molecule has 0 aliphatic carbocycles. The number of rotatable bonds is 4. The highest BCUT2D eigenvalue weighted by atomic mass is 16.3. The second-order valence-electron chi connectivity index (χ2n) is 6.20. The van der Waals surface area contributed by atoms with Crippen molar-refractivity contribution in [2.24, 2.45) is 11.8 Å². The fraction of sp³-hybridized carbons (Fsp3) is 0.688. The number of piperidine rings is 1. The summed E-state index contributed by atoms with van der Waals surface area (Å²) in [5.41, 5.74) is 0. The van der Waals surface area contributed by atoms with E-state index >= 15 is 0 Å². The molecule has 112 valence electrons. The molecule has 20 heavy (non-hydrogen) atoms. The van der Waals surface area contributed by atoms with Crippen molar-refractivity contribution in [3.63, 3.8) is 0 Å². The number of amides is 1. The number of carbonyl (C=O) groups excluding carboxylic acids is 1.